The second-order valence-corrected chi connectivity index (χ2v) is 6.81. The van der Waals surface area contributed by atoms with Crippen LogP contribution in [0.25, 0.3) is 0 Å². The van der Waals surface area contributed by atoms with Gasteiger partial charge >= 0.3 is 0 Å². The minimum atomic E-state index is 0.207. The van der Waals surface area contributed by atoms with Crippen molar-refractivity contribution in [2.75, 3.05) is 14.2 Å². The van der Waals surface area contributed by atoms with Crippen LogP contribution < -0.4 is 9.47 Å². The molecule has 0 spiro atoms. The van der Waals surface area contributed by atoms with Gasteiger partial charge in [-0.2, -0.15) is 0 Å². The molecule has 2 nitrogen and oxygen atoms in total. The van der Waals surface area contributed by atoms with Crippen LogP contribution in [0, 0.1) is 0 Å². The minimum absolute atomic E-state index is 0.207. The molecule has 4 rings (SSSR count). The minimum Gasteiger partial charge on any atom is -0.493 e. The van der Waals surface area contributed by atoms with Gasteiger partial charge in [0.1, 0.15) is 0 Å². The van der Waals surface area contributed by atoms with Crippen LogP contribution in [0.3, 0.4) is 0 Å². The maximum Gasteiger partial charge on any atom is 0.161 e. The molecule has 0 radical (unpaired) electrons. The number of hydrogen-bond acceptors (Lipinski definition) is 3. The third-order valence-corrected chi connectivity index (χ3v) is 5.60. The summed E-state index contributed by atoms with van der Waals surface area (Å²) in [6.07, 6.45) is 0. The van der Waals surface area contributed by atoms with Gasteiger partial charge in [-0.3, -0.25) is 0 Å². The van der Waals surface area contributed by atoms with E-state index in [0.29, 0.717) is 0 Å². The molecule has 24 heavy (non-hydrogen) atoms. The lowest BCUT2D eigenvalue weighted by atomic mass is 9.84. The van der Waals surface area contributed by atoms with Crippen LogP contribution >= 0.6 is 11.8 Å². The Bertz CT molecular complexity index is 843. The van der Waals surface area contributed by atoms with Gasteiger partial charge in [0.15, 0.2) is 11.5 Å². The number of ether oxygens (including phenoxy) is 2. The van der Waals surface area contributed by atoms with E-state index in [0.717, 1.165) is 11.5 Å². The fraction of sp³-hybridized carbons (Fsp3) is 0.143. The van der Waals surface area contributed by atoms with Gasteiger partial charge in [0.2, 0.25) is 0 Å². The van der Waals surface area contributed by atoms with E-state index in [9.17, 15) is 0 Å². The topological polar surface area (TPSA) is 18.5 Å². The quantitative estimate of drug-likeness (QED) is 0.503. The van der Waals surface area contributed by atoms with Gasteiger partial charge in [0.05, 0.1) is 14.2 Å². The Labute approximate surface area is 146 Å². The van der Waals surface area contributed by atoms with Crippen molar-refractivity contribution in [3.05, 3.63) is 83.4 Å². The second kappa shape index (κ2) is 6.25. The predicted molar refractivity (Wildman–Crippen MR) is 97.5 cm³/mol. The number of hydrogen-bond donors (Lipinski definition) is 0. The number of fused-ring (bicyclic) bond motifs is 2. The Morgan fingerprint density at radius 1 is 0.708 bits per heavy atom. The summed E-state index contributed by atoms with van der Waals surface area (Å²) in [7, 11) is 3.35. The standard InChI is InChI=1S/C21H18O2S/c1-22-17-12-11-14(13-18(17)23-2)21-15-7-3-5-9-19(15)24-20-10-6-4-8-16(20)21/h3-13,21H,1-2H3. The Balaban J connectivity index is 1.92. The van der Waals surface area contributed by atoms with Crippen molar-refractivity contribution in [1.29, 1.82) is 0 Å². The summed E-state index contributed by atoms with van der Waals surface area (Å²) in [6, 6.07) is 23.5. The summed E-state index contributed by atoms with van der Waals surface area (Å²) in [5, 5.41) is 0. The lowest BCUT2D eigenvalue weighted by Crippen LogP contribution is -2.10. The zero-order valence-corrected chi connectivity index (χ0v) is 14.5. The molecule has 0 bridgehead atoms. The lowest BCUT2D eigenvalue weighted by Gasteiger charge is -2.28. The van der Waals surface area contributed by atoms with Crippen LogP contribution in [-0.4, -0.2) is 14.2 Å². The molecule has 0 saturated carbocycles. The Kier molecular flexibility index (Phi) is 3.95. The van der Waals surface area contributed by atoms with Gasteiger partial charge in [0, 0.05) is 15.7 Å². The summed E-state index contributed by atoms with van der Waals surface area (Å²) < 4.78 is 10.9. The number of benzene rings is 3. The van der Waals surface area contributed by atoms with Gasteiger partial charge in [-0.1, -0.05) is 54.2 Å². The smallest absolute Gasteiger partial charge is 0.161 e. The van der Waals surface area contributed by atoms with E-state index in [1.54, 1.807) is 14.2 Å². The molecule has 0 amide bonds. The van der Waals surface area contributed by atoms with Gasteiger partial charge < -0.3 is 9.47 Å². The van der Waals surface area contributed by atoms with Crippen LogP contribution in [0.4, 0.5) is 0 Å². The Morgan fingerprint density at radius 2 is 1.29 bits per heavy atom. The first-order valence-electron chi connectivity index (χ1n) is 7.89. The van der Waals surface area contributed by atoms with Crippen molar-refractivity contribution in [3.63, 3.8) is 0 Å². The molecule has 0 saturated heterocycles. The molecule has 3 heteroatoms. The highest BCUT2D eigenvalue weighted by molar-refractivity contribution is 7.99. The summed E-state index contributed by atoms with van der Waals surface area (Å²) >= 11 is 1.84. The number of methoxy groups -OCH3 is 2. The largest absolute Gasteiger partial charge is 0.493 e. The van der Waals surface area contributed by atoms with Crippen molar-refractivity contribution in [2.24, 2.45) is 0 Å². The molecule has 0 atom stereocenters. The molecule has 1 aliphatic heterocycles. The molecule has 3 aromatic rings. The highest BCUT2D eigenvalue weighted by atomic mass is 32.2. The summed E-state index contributed by atoms with van der Waals surface area (Å²) in [5.74, 6) is 1.73. The summed E-state index contributed by atoms with van der Waals surface area (Å²) in [4.78, 5) is 2.63. The zero-order valence-electron chi connectivity index (χ0n) is 13.7. The van der Waals surface area contributed by atoms with E-state index in [2.05, 4.69) is 60.7 Å². The van der Waals surface area contributed by atoms with Crippen LogP contribution in [0.1, 0.15) is 22.6 Å². The van der Waals surface area contributed by atoms with E-state index in [1.165, 1.54) is 26.5 Å². The maximum absolute atomic E-state index is 5.51. The van der Waals surface area contributed by atoms with E-state index < -0.39 is 0 Å². The van der Waals surface area contributed by atoms with E-state index in [4.69, 9.17) is 9.47 Å². The average Bonchev–Trinajstić information content (AvgIpc) is 2.65. The van der Waals surface area contributed by atoms with Crippen molar-refractivity contribution < 1.29 is 9.47 Å². The molecular formula is C21H18O2S. The highest BCUT2D eigenvalue weighted by Crippen LogP contribution is 2.49. The first-order valence-corrected chi connectivity index (χ1v) is 8.71. The molecule has 0 N–H and O–H groups in total. The molecule has 0 aromatic heterocycles. The molecule has 120 valence electrons. The Morgan fingerprint density at radius 3 is 1.88 bits per heavy atom. The van der Waals surface area contributed by atoms with Crippen LogP contribution in [-0.2, 0) is 0 Å². The van der Waals surface area contributed by atoms with E-state index >= 15 is 0 Å². The summed E-state index contributed by atoms with van der Waals surface area (Å²) in [6.45, 7) is 0. The lowest BCUT2D eigenvalue weighted by molar-refractivity contribution is 0.354. The monoisotopic (exact) mass is 334 g/mol. The number of rotatable bonds is 3. The summed E-state index contributed by atoms with van der Waals surface area (Å²) in [5.41, 5.74) is 3.90. The van der Waals surface area contributed by atoms with Crippen molar-refractivity contribution in [2.45, 2.75) is 15.7 Å². The van der Waals surface area contributed by atoms with E-state index in [-0.39, 0.29) is 5.92 Å². The average molecular weight is 334 g/mol. The molecule has 3 aromatic carbocycles. The van der Waals surface area contributed by atoms with Gasteiger partial charge in [0.25, 0.3) is 0 Å². The van der Waals surface area contributed by atoms with Crippen LogP contribution in [0.5, 0.6) is 11.5 Å². The molecule has 0 fully saturated rings. The van der Waals surface area contributed by atoms with Crippen molar-refractivity contribution >= 4 is 11.8 Å². The van der Waals surface area contributed by atoms with Gasteiger partial charge in [-0.05, 0) is 41.0 Å². The first kappa shape index (κ1) is 15.2. The van der Waals surface area contributed by atoms with Crippen LogP contribution in [0.15, 0.2) is 76.5 Å². The predicted octanol–water partition coefficient (Wildman–Crippen LogP) is 5.35. The normalized spacial score (nSPS) is 13.1. The maximum atomic E-state index is 5.51. The highest BCUT2D eigenvalue weighted by Gasteiger charge is 2.27. The van der Waals surface area contributed by atoms with Gasteiger partial charge in [-0.25, -0.2) is 0 Å². The second-order valence-electron chi connectivity index (χ2n) is 5.73. The zero-order chi connectivity index (χ0) is 16.5. The van der Waals surface area contributed by atoms with Crippen molar-refractivity contribution in [3.8, 4) is 11.5 Å². The Hall–Kier alpha value is -2.39. The third-order valence-electron chi connectivity index (χ3n) is 4.42. The van der Waals surface area contributed by atoms with E-state index in [1.807, 2.05) is 17.8 Å². The fourth-order valence-corrected chi connectivity index (χ4v) is 4.44. The van der Waals surface area contributed by atoms with Crippen LogP contribution in [0.2, 0.25) is 0 Å². The third kappa shape index (κ3) is 2.45. The first-order chi connectivity index (χ1) is 11.8. The molecule has 0 unspecified atom stereocenters. The fourth-order valence-electron chi connectivity index (χ4n) is 3.30. The van der Waals surface area contributed by atoms with Gasteiger partial charge in [-0.15, -0.1) is 0 Å². The van der Waals surface area contributed by atoms with Crippen molar-refractivity contribution in [1.82, 2.24) is 0 Å². The molecular weight excluding hydrogens is 316 g/mol. The SMILES string of the molecule is COc1ccc(C2c3ccccc3Sc3ccccc32)cc1OC. The molecule has 0 aliphatic carbocycles. The molecule has 1 aliphatic rings. The molecule has 1 heterocycles.